The van der Waals surface area contributed by atoms with E-state index in [2.05, 4.69) is 15.7 Å². The first kappa shape index (κ1) is 20.8. The number of nitrogens with one attached hydrogen (secondary N) is 2. The highest BCUT2D eigenvalue weighted by Crippen LogP contribution is 2.17. The molecule has 0 atom stereocenters. The number of hydrogen-bond donors (Lipinski definition) is 2. The third-order valence-electron chi connectivity index (χ3n) is 5.18. The smallest absolute Gasteiger partial charge is 0.276 e. The number of aromatic nitrogens is 2. The van der Waals surface area contributed by atoms with Gasteiger partial charge in [-0.25, -0.2) is 4.68 Å². The van der Waals surface area contributed by atoms with E-state index in [1.807, 2.05) is 19.1 Å². The quantitative estimate of drug-likeness (QED) is 0.734. The lowest BCUT2D eigenvalue weighted by molar-refractivity contribution is -0.122. The van der Waals surface area contributed by atoms with E-state index in [9.17, 15) is 14.4 Å². The minimum Gasteiger partial charge on any atom is -0.353 e. The molecule has 0 bridgehead atoms. The average Bonchev–Trinajstić information content (AvgIpc) is 2.97. The molecule has 1 aromatic heterocycles. The molecule has 154 valence electrons. The van der Waals surface area contributed by atoms with Crippen molar-refractivity contribution < 1.29 is 9.59 Å². The van der Waals surface area contributed by atoms with Crippen molar-refractivity contribution in [1.82, 2.24) is 15.1 Å². The number of amides is 2. The first-order valence-electron chi connectivity index (χ1n) is 10.3. The lowest BCUT2D eigenvalue weighted by Gasteiger charge is -2.16. The highest BCUT2D eigenvalue weighted by atomic mass is 16.2. The number of benzene rings is 1. The van der Waals surface area contributed by atoms with Crippen LogP contribution in [-0.2, 0) is 11.3 Å². The van der Waals surface area contributed by atoms with E-state index in [0.29, 0.717) is 5.69 Å². The number of carbonyl (C=O) groups excluding carboxylic acids is 2. The molecule has 7 nitrogen and oxygen atoms in total. The van der Waals surface area contributed by atoms with Gasteiger partial charge >= 0.3 is 0 Å². The van der Waals surface area contributed by atoms with Gasteiger partial charge in [0.05, 0.1) is 6.54 Å². The summed E-state index contributed by atoms with van der Waals surface area (Å²) in [5, 5.41) is 9.95. The topological polar surface area (TPSA) is 93.1 Å². The molecule has 0 spiro atoms. The zero-order chi connectivity index (χ0) is 20.6. The van der Waals surface area contributed by atoms with Crippen molar-refractivity contribution in [3.8, 4) is 0 Å². The van der Waals surface area contributed by atoms with Crippen LogP contribution < -0.4 is 16.2 Å². The van der Waals surface area contributed by atoms with Crippen molar-refractivity contribution in [2.45, 2.75) is 64.5 Å². The molecule has 7 heteroatoms. The second-order valence-electron chi connectivity index (χ2n) is 7.61. The number of hydrogen-bond acceptors (Lipinski definition) is 4. The molecule has 1 heterocycles. The SMILES string of the molecule is Cc1ccc(NC(=O)c2ccc(=O)n(CCC(=O)NC3CCCCCC3)n2)cc1. The molecule has 2 aromatic rings. The van der Waals surface area contributed by atoms with Crippen LogP contribution in [0.2, 0.25) is 0 Å². The lowest BCUT2D eigenvalue weighted by atomic mass is 10.1. The molecule has 0 aliphatic heterocycles. The van der Waals surface area contributed by atoms with Crippen molar-refractivity contribution in [1.29, 1.82) is 0 Å². The van der Waals surface area contributed by atoms with Crippen molar-refractivity contribution in [3.63, 3.8) is 0 Å². The van der Waals surface area contributed by atoms with Gasteiger partial charge < -0.3 is 10.6 Å². The van der Waals surface area contributed by atoms with E-state index >= 15 is 0 Å². The van der Waals surface area contributed by atoms with Crippen LogP contribution in [0, 0.1) is 6.92 Å². The molecular weight excluding hydrogens is 368 g/mol. The molecule has 1 aromatic carbocycles. The molecule has 1 fully saturated rings. The Hall–Kier alpha value is -2.96. The van der Waals surface area contributed by atoms with E-state index in [1.54, 1.807) is 12.1 Å². The molecule has 1 aliphatic rings. The third-order valence-corrected chi connectivity index (χ3v) is 5.18. The standard InChI is InChI=1S/C22H28N4O3/c1-16-8-10-18(11-9-16)24-22(29)19-12-13-21(28)26(25-19)15-14-20(27)23-17-6-4-2-3-5-7-17/h8-13,17H,2-7,14-15H2,1H3,(H,23,27)(H,24,29). The van der Waals surface area contributed by atoms with Crippen LogP contribution in [0.4, 0.5) is 5.69 Å². The highest BCUT2D eigenvalue weighted by Gasteiger charge is 2.15. The Morgan fingerprint density at radius 1 is 1.03 bits per heavy atom. The minimum atomic E-state index is -0.398. The largest absolute Gasteiger partial charge is 0.353 e. The van der Waals surface area contributed by atoms with Gasteiger partial charge in [-0.05, 0) is 38.0 Å². The summed E-state index contributed by atoms with van der Waals surface area (Å²) in [5.41, 5.74) is 1.55. The first-order valence-corrected chi connectivity index (χ1v) is 10.3. The molecular formula is C22H28N4O3. The van der Waals surface area contributed by atoms with Crippen LogP contribution in [0.25, 0.3) is 0 Å². The maximum absolute atomic E-state index is 12.4. The van der Waals surface area contributed by atoms with E-state index in [-0.39, 0.29) is 36.2 Å². The third kappa shape index (κ3) is 6.27. The summed E-state index contributed by atoms with van der Waals surface area (Å²) >= 11 is 0. The zero-order valence-corrected chi connectivity index (χ0v) is 16.8. The van der Waals surface area contributed by atoms with Crippen LogP contribution in [0.1, 0.15) is 61.0 Å². The molecule has 3 rings (SSSR count). The number of rotatable bonds is 6. The second kappa shape index (κ2) is 10.0. The predicted molar refractivity (Wildman–Crippen MR) is 112 cm³/mol. The van der Waals surface area contributed by atoms with Crippen LogP contribution >= 0.6 is 0 Å². The molecule has 0 saturated heterocycles. The number of carbonyl (C=O) groups is 2. The number of aryl methyl sites for hydroxylation is 2. The van der Waals surface area contributed by atoms with Gasteiger partial charge in [0.2, 0.25) is 5.91 Å². The van der Waals surface area contributed by atoms with Crippen molar-refractivity contribution >= 4 is 17.5 Å². The highest BCUT2D eigenvalue weighted by molar-refractivity contribution is 6.02. The average molecular weight is 396 g/mol. The van der Waals surface area contributed by atoms with Gasteiger partial charge in [-0.15, -0.1) is 0 Å². The number of nitrogens with zero attached hydrogens (tertiary/aromatic N) is 2. The van der Waals surface area contributed by atoms with Crippen LogP contribution in [0.15, 0.2) is 41.2 Å². The maximum Gasteiger partial charge on any atom is 0.276 e. The Morgan fingerprint density at radius 2 is 1.72 bits per heavy atom. The van der Waals surface area contributed by atoms with E-state index in [1.165, 1.54) is 29.7 Å². The molecule has 0 radical (unpaired) electrons. The fourth-order valence-corrected chi connectivity index (χ4v) is 3.49. The van der Waals surface area contributed by atoms with Gasteiger partial charge in [-0.2, -0.15) is 5.10 Å². The van der Waals surface area contributed by atoms with E-state index < -0.39 is 5.91 Å². The van der Waals surface area contributed by atoms with Crippen molar-refractivity contribution in [2.75, 3.05) is 5.32 Å². The molecule has 2 amide bonds. The van der Waals surface area contributed by atoms with Crippen LogP contribution in [0.3, 0.4) is 0 Å². The zero-order valence-electron chi connectivity index (χ0n) is 16.8. The summed E-state index contributed by atoms with van der Waals surface area (Å²) in [6.45, 7) is 2.11. The molecule has 1 aliphatic carbocycles. The summed E-state index contributed by atoms with van der Waals surface area (Å²) in [7, 11) is 0. The monoisotopic (exact) mass is 396 g/mol. The van der Waals surface area contributed by atoms with Crippen molar-refractivity contribution in [2.24, 2.45) is 0 Å². The Bertz CT molecular complexity index is 897. The van der Waals surface area contributed by atoms with Gasteiger partial charge in [0.25, 0.3) is 11.5 Å². The molecule has 2 N–H and O–H groups in total. The summed E-state index contributed by atoms with van der Waals surface area (Å²) in [4.78, 5) is 36.8. The van der Waals surface area contributed by atoms with Gasteiger partial charge in [0, 0.05) is 24.2 Å². The van der Waals surface area contributed by atoms with Gasteiger partial charge in [-0.3, -0.25) is 14.4 Å². The summed E-state index contributed by atoms with van der Waals surface area (Å²) in [5.74, 6) is -0.481. The molecule has 0 unspecified atom stereocenters. The molecule has 1 saturated carbocycles. The van der Waals surface area contributed by atoms with Gasteiger partial charge in [-0.1, -0.05) is 43.4 Å². The van der Waals surface area contributed by atoms with Gasteiger partial charge in [0.1, 0.15) is 5.69 Å². The first-order chi connectivity index (χ1) is 14.0. The van der Waals surface area contributed by atoms with Gasteiger partial charge in [0.15, 0.2) is 0 Å². The Labute approximate surface area is 170 Å². The van der Waals surface area contributed by atoms with Crippen LogP contribution in [-0.4, -0.2) is 27.6 Å². The van der Waals surface area contributed by atoms with E-state index in [0.717, 1.165) is 31.2 Å². The summed E-state index contributed by atoms with van der Waals surface area (Å²) in [6, 6.07) is 10.3. The maximum atomic E-state index is 12.4. The number of anilines is 1. The second-order valence-corrected chi connectivity index (χ2v) is 7.61. The lowest BCUT2D eigenvalue weighted by Crippen LogP contribution is -2.36. The Kier molecular flexibility index (Phi) is 7.16. The van der Waals surface area contributed by atoms with Crippen molar-refractivity contribution in [3.05, 3.63) is 58.0 Å². The Morgan fingerprint density at radius 3 is 2.41 bits per heavy atom. The minimum absolute atomic E-state index is 0.0832. The normalized spacial score (nSPS) is 14.8. The summed E-state index contributed by atoms with van der Waals surface area (Å²) in [6.07, 6.45) is 6.92. The van der Waals surface area contributed by atoms with E-state index in [4.69, 9.17) is 0 Å². The Balaban J connectivity index is 1.58. The fraction of sp³-hybridized carbons (Fsp3) is 0.455. The predicted octanol–water partition coefficient (Wildman–Crippen LogP) is 3.03. The summed E-state index contributed by atoms with van der Waals surface area (Å²) < 4.78 is 1.18. The van der Waals surface area contributed by atoms with Crippen LogP contribution in [0.5, 0.6) is 0 Å². The fourth-order valence-electron chi connectivity index (χ4n) is 3.49. The molecule has 29 heavy (non-hydrogen) atoms.